The number of benzene rings is 3. The first kappa shape index (κ1) is 22.3. The highest BCUT2D eigenvalue weighted by Crippen LogP contribution is 2.35. The summed E-state index contributed by atoms with van der Waals surface area (Å²) in [5.74, 6) is 1.02. The van der Waals surface area contributed by atoms with Gasteiger partial charge in [-0.25, -0.2) is 4.68 Å². The Kier molecular flexibility index (Phi) is 6.26. The first-order valence-corrected chi connectivity index (χ1v) is 10.9. The Morgan fingerprint density at radius 3 is 2.46 bits per heavy atom. The van der Waals surface area contributed by atoms with Crippen molar-refractivity contribution in [2.75, 3.05) is 13.2 Å². The number of halogens is 2. The maximum atomic E-state index is 12.7. The van der Waals surface area contributed by atoms with Crippen LogP contribution in [0.5, 0.6) is 17.2 Å². The summed E-state index contributed by atoms with van der Waals surface area (Å²) in [6.45, 7) is -1.95. The quantitative estimate of drug-likeness (QED) is 0.250. The van der Waals surface area contributed by atoms with Crippen molar-refractivity contribution in [1.29, 1.82) is 0 Å². The van der Waals surface area contributed by atoms with Gasteiger partial charge in [0.1, 0.15) is 24.7 Å². The first-order chi connectivity index (χ1) is 17.1. The molecule has 1 aliphatic rings. The molecule has 0 saturated carbocycles. The van der Waals surface area contributed by atoms with E-state index in [0.717, 1.165) is 16.8 Å². The van der Waals surface area contributed by atoms with Gasteiger partial charge in [-0.3, -0.25) is 4.79 Å². The minimum atomic E-state index is -2.92. The van der Waals surface area contributed by atoms with Crippen molar-refractivity contribution in [1.82, 2.24) is 9.78 Å². The third-order valence-electron chi connectivity index (χ3n) is 5.36. The SMILES string of the molecule is O=C(C=Cc1cn(-c2ccccc2)nc1-c1ccc2c(c1)OCCO2)c1ccc(OC(F)F)cc1. The molecule has 0 amide bonds. The van der Waals surface area contributed by atoms with Gasteiger partial charge in [-0.1, -0.05) is 18.2 Å². The molecule has 0 N–H and O–H groups in total. The van der Waals surface area contributed by atoms with E-state index in [9.17, 15) is 13.6 Å². The van der Waals surface area contributed by atoms with Crippen LogP contribution in [-0.4, -0.2) is 35.4 Å². The molecule has 176 valence electrons. The van der Waals surface area contributed by atoms with Crippen LogP contribution in [0.1, 0.15) is 15.9 Å². The molecule has 5 rings (SSSR count). The molecule has 8 heteroatoms. The van der Waals surface area contributed by atoms with Crippen LogP contribution in [0.25, 0.3) is 23.0 Å². The zero-order chi connectivity index (χ0) is 24.2. The number of para-hydroxylation sites is 1. The summed E-state index contributed by atoms with van der Waals surface area (Å²) >= 11 is 0. The van der Waals surface area contributed by atoms with Crippen LogP contribution in [0.2, 0.25) is 0 Å². The molecule has 0 aliphatic carbocycles. The Labute approximate surface area is 200 Å². The van der Waals surface area contributed by atoms with Gasteiger partial charge in [-0.05, 0) is 66.7 Å². The van der Waals surface area contributed by atoms with Crippen molar-refractivity contribution in [3.8, 4) is 34.2 Å². The number of ether oxygens (including phenoxy) is 3. The average molecular weight is 474 g/mol. The number of rotatable bonds is 7. The molecular formula is C27H20F2N2O4. The summed E-state index contributed by atoms with van der Waals surface area (Å²) in [5, 5.41) is 4.76. The third-order valence-corrected chi connectivity index (χ3v) is 5.36. The first-order valence-electron chi connectivity index (χ1n) is 10.9. The minimum absolute atomic E-state index is 0.00874. The Bertz CT molecular complexity index is 1370. The second-order valence-electron chi connectivity index (χ2n) is 7.67. The highest BCUT2D eigenvalue weighted by molar-refractivity contribution is 6.07. The van der Waals surface area contributed by atoms with Crippen LogP contribution in [-0.2, 0) is 0 Å². The number of ketones is 1. The molecule has 3 aromatic carbocycles. The number of alkyl halides is 2. The highest BCUT2D eigenvalue weighted by atomic mass is 19.3. The van der Waals surface area contributed by atoms with Crippen molar-refractivity contribution in [3.05, 3.63) is 96.2 Å². The molecule has 35 heavy (non-hydrogen) atoms. The van der Waals surface area contributed by atoms with E-state index in [1.807, 2.05) is 54.7 Å². The van der Waals surface area contributed by atoms with Crippen molar-refractivity contribution in [2.45, 2.75) is 6.61 Å². The molecule has 0 bridgehead atoms. The van der Waals surface area contributed by atoms with E-state index >= 15 is 0 Å². The fraction of sp³-hybridized carbons (Fsp3) is 0.111. The molecule has 0 fully saturated rings. The topological polar surface area (TPSA) is 62.6 Å². The van der Waals surface area contributed by atoms with Gasteiger partial charge in [0.15, 0.2) is 17.3 Å². The maximum Gasteiger partial charge on any atom is 0.387 e. The van der Waals surface area contributed by atoms with E-state index in [1.54, 1.807) is 10.8 Å². The predicted octanol–water partition coefficient (Wildman–Crippen LogP) is 5.81. The lowest BCUT2D eigenvalue weighted by Gasteiger charge is -2.18. The van der Waals surface area contributed by atoms with Crippen LogP contribution >= 0.6 is 0 Å². The zero-order valence-electron chi connectivity index (χ0n) is 18.4. The van der Waals surface area contributed by atoms with Crippen LogP contribution in [0.3, 0.4) is 0 Å². The van der Waals surface area contributed by atoms with E-state index in [0.29, 0.717) is 36.0 Å². The van der Waals surface area contributed by atoms with E-state index < -0.39 is 6.61 Å². The van der Waals surface area contributed by atoms with Gasteiger partial charge in [-0.2, -0.15) is 13.9 Å². The lowest BCUT2D eigenvalue weighted by molar-refractivity contribution is -0.0498. The van der Waals surface area contributed by atoms with Crippen molar-refractivity contribution < 1.29 is 27.8 Å². The van der Waals surface area contributed by atoms with Crippen molar-refractivity contribution in [2.24, 2.45) is 0 Å². The molecule has 1 aliphatic heterocycles. The minimum Gasteiger partial charge on any atom is -0.486 e. The number of hydrogen-bond donors (Lipinski definition) is 0. The lowest BCUT2D eigenvalue weighted by Crippen LogP contribution is -2.15. The Morgan fingerprint density at radius 1 is 0.971 bits per heavy atom. The van der Waals surface area contributed by atoms with Crippen molar-refractivity contribution in [3.63, 3.8) is 0 Å². The Hall–Kier alpha value is -4.46. The summed E-state index contributed by atoms with van der Waals surface area (Å²) in [4.78, 5) is 12.7. The Morgan fingerprint density at radius 2 is 1.71 bits per heavy atom. The number of nitrogens with zero attached hydrogens (tertiary/aromatic N) is 2. The fourth-order valence-electron chi connectivity index (χ4n) is 3.70. The zero-order valence-corrected chi connectivity index (χ0v) is 18.4. The van der Waals surface area contributed by atoms with E-state index in [1.165, 1.54) is 30.3 Å². The summed E-state index contributed by atoms with van der Waals surface area (Å²) in [5.41, 5.74) is 3.41. The van der Waals surface area contributed by atoms with Crippen LogP contribution in [0, 0.1) is 0 Å². The second kappa shape index (κ2) is 9.80. The van der Waals surface area contributed by atoms with E-state index in [2.05, 4.69) is 4.74 Å². The molecule has 0 unspecified atom stereocenters. The molecule has 0 atom stereocenters. The van der Waals surface area contributed by atoms with Gasteiger partial charge < -0.3 is 14.2 Å². The van der Waals surface area contributed by atoms with Gasteiger partial charge in [-0.15, -0.1) is 0 Å². The van der Waals surface area contributed by atoms with Crippen LogP contribution in [0.4, 0.5) is 8.78 Å². The maximum absolute atomic E-state index is 12.7. The normalized spacial score (nSPS) is 12.8. The smallest absolute Gasteiger partial charge is 0.387 e. The molecular weight excluding hydrogens is 454 g/mol. The van der Waals surface area contributed by atoms with Gasteiger partial charge in [0.2, 0.25) is 0 Å². The van der Waals surface area contributed by atoms with Gasteiger partial charge >= 0.3 is 6.61 Å². The standard InChI is InChI=1S/C27H20F2N2O4/c28-27(29)35-22-10-6-18(7-11-22)23(32)12-8-20-17-31(21-4-2-1-3-5-21)30-26(20)19-9-13-24-25(16-19)34-15-14-33-24/h1-13,16-17,27H,14-15H2. The number of aromatic nitrogens is 2. The third kappa shape index (κ3) is 5.06. The predicted molar refractivity (Wildman–Crippen MR) is 126 cm³/mol. The molecule has 4 aromatic rings. The van der Waals surface area contributed by atoms with Gasteiger partial charge in [0.25, 0.3) is 0 Å². The number of carbonyl (C=O) groups is 1. The summed E-state index contributed by atoms with van der Waals surface area (Å²) < 4.78 is 42.1. The fourth-order valence-corrected chi connectivity index (χ4v) is 3.70. The number of fused-ring (bicyclic) bond motifs is 1. The second-order valence-corrected chi connectivity index (χ2v) is 7.67. The summed E-state index contributed by atoms with van der Waals surface area (Å²) in [7, 11) is 0. The number of allylic oxidation sites excluding steroid dienone is 1. The number of hydrogen-bond acceptors (Lipinski definition) is 5. The average Bonchev–Trinajstić information content (AvgIpc) is 3.32. The van der Waals surface area contributed by atoms with Gasteiger partial charge in [0, 0.05) is 22.9 Å². The highest BCUT2D eigenvalue weighted by Gasteiger charge is 2.17. The number of carbonyl (C=O) groups excluding carboxylic acids is 1. The largest absolute Gasteiger partial charge is 0.486 e. The molecule has 6 nitrogen and oxygen atoms in total. The monoisotopic (exact) mass is 474 g/mol. The molecule has 0 spiro atoms. The molecule has 1 aromatic heterocycles. The molecule has 2 heterocycles. The summed E-state index contributed by atoms with van der Waals surface area (Å²) in [6.07, 6.45) is 4.95. The van der Waals surface area contributed by atoms with Crippen LogP contribution in [0.15, 0.2) is 85.1 Å². The molecule has 0 radical (unpaired) electrons. The van der Waals surface area contributed by atoms with Crippen LogP contribution < -0.4 is 14.2 Å². The van der Waals surface area contributed by atoms with Crippen molar-refractivity contribution >= 4 is 11.9 Å². The lowest BCUT2D eigenvalue weighted by atomic mass is 10.1. The van der Waals surface area contributed by atoms with Gasteiger partial charge in [0.05, 0.1) is 5.69 Å². The van der Waals surface area contributed by atoms with E-state index in [4.69, 9.17) is 14.6 Å². The molecule has 0 saturated heterocycles. The van der Waals surface area contributed by atoms with E-state index in [-0.39, 0.29) is 11.5 Å². The Balaban J connectivity index is 1.47. The summed E-state index contributed by atoms with van der Waals surface area (Å²) in [6, 6.07) is 20.8.